The molecule has 0 spiro atoms. The number of pyridine rings is 1. The van der Waals surface area contributed by atoms with E-state index in [9.17, 15) is 15.4 Å². The first kappa shape index (κ1) is 16.6. The second kappa shape index (κ2) is 6.70. The second-order valence-electron chi connectivity index (χ2n) is 5.01. The van der Waals surface area contributed by atoms with E-state index < -0.39 is 4.92 Å². The molecule has 0 radical (unpaired) electrons. The van der Waals surface area contributed by atoms with Crippen molar-refractivity contribution in [3.8, 4) is 29.0 Å². The molecule has 10 nitrogen and oxygen atoms in total. The number of nitro groups is 1. The third-order valence-corrected chi connectivity index (χ3v) is 3.36. The summed E-state index contributed by atoms with van der Waals surface area (Å²) >= 11 is 0. The molecule has 0 amide bonds. The van der Waals surface area contributed by atoms with Gasteiger partial charge >= 0.3 is 5.69 Å². The summed E-state index contributed by atoms with van der Waals surface area (Å²) in [4.78, 5) is 22.1. The van der Waals surface area contributed by atoms with Crippen molar-refractivity contribution in [1.29, 1.82) is 5.26 Å². The SMILES string of the molecule is N#Cc1c(N)nc(N)nc1-c1ccc(Oc2ncccc2[N+](=O)[O-])cc1. The van der Waals surface area contributed by atoms with Gasteiger partial charge in [-0.05, 0) is 30.3 Å². The molecule has 0 unspecified atom stereocenters. The normalized spacial score (nSPS) is 10.1. The average molecular weight is 349 g/mol. The molecular weight excluding hydrogens is 338 g/mol. The molecule has 0 fully saturated rings. The summed E-state index contributed by atoms with van der Waals surface area (Å²) in [6, 6.07) is 11.0. The van der Waals surface area contributed by atoms with Crippen molar-refractivity contribution in [2.24, 2.45) is 0 Å². The van der Waals surface area contributed by atoms with E-state index in [1.54, 1.807) is 24.3 Å². The number of hydrogen-bond donors (Lipinski definition) is 2. The van der Waals surface area contributed by atoms with Crippen LogP contribution >= 0.6 is 0 Å². The van der Waals surface area contributed by atoms with Crippen LogP contribution in [0.25, 0.3) is 11.3 Å². The quantitative estimate of drug-likeness (QED) is 0.530. The third-order valence-electron chi connectivity index (χ3n) is 3.36. The highest BCUT2D eigenvalue weighted by molar-refractivity contribution is 5.73. The highest BCUT2D eigenvalue weighted by Gasteiger charge is 2.17. The molecule has 2 aromatic heterocycles. The van der Waals surface area contributed by atoms with E-state index >= 15 is 0 Å². The molecule has 0 aliphatic rings. The average Bonchev–Trinajstić information content (AvgIpc) is 2.62. The number of benzene rings is 1. The van der Waals surface area contributed by atoms with Crippen molar-refractivity contribution in [2.45, 2.75) is 0 Å². The van der Waals surface area contributed by atoms with E-state index in [0.29, 0.717) is 11.3 Å². The topological polar surface area (TPSA) is 167 Å². The molecular formula is C16H11N7O3. The second-order valence-corrected chi connectivity index (χ2v) is 5.01. The van der Waals surface area contributed by atoms with Gasteiger partial charge in [-0.1, -0.05) is 0 Å². The summed E-state index contributed by atoms with van der Waals surface area (Å²) < 4.78 is 5.47. The fraction of sp³-hybridized carbons (Fsp3) is 0. The van der Waals surface area contributed by atoms with Gasteiger partial charge in [-0.2, -0.15) is 10.2 Å². The van der Waals surface area contributed by atoms with Gasteiger partial charge in [0.15, 0.2) is 0 Å². The number of rotatable bonds is 4. The summed E-state index contributed by atoms with van der Waals surface area (Å²) in [5, 5.41) is 20.2. The van der Waals surface area contributed by atoms with Crippen molar-refractivity contribution in [3.05, 3.63) is 58.3 Å². The molecule has 2 heterocycles. The Kier molecular flexibility index (Phi) is 4.27. The number of aromatic nitrogens is 3. The molecule has 0 atom stereocenters. The van der Waals surface area contributed by atoms with Gasteiger partial charge in [-0.3, -0.25) is 10.1 Å². The monoisotopic (exact) mass is 349 g/mol. The fourth-order valence-corrected chi connectivity index (χ4v) is 2.21. The summed E-state index contributed by atoms with van der Waals surface area (Å²) in [5.74, 6) is 0.128. The lowest BCUT2D eigenvalue weighted by molar-refractivity contribution is -0.386. The minimum atomic E-state index is -0.581. The van der Waals surface area contributed by atoms with Gasteiger partial charge in [0.05, 0.1) is 10.6 Å². The summed E-state index contributed by atoms with van der Waals surface area (Å²) in [7, 11) is 0. The van der Waals surface area contributed by atoms with Crippen molar-refractivity contribution in [2.75, 3.05) is 11.5 Å². The highest BCUT2D eigenvalue weighted by atomic mass is 16.6. The standard InChI is InChI=1S/C16H11N7O3/c17-8-11-13(21-16(19)22-14(11)18)9-3-5-10(6-4-9)26-15-12(23(24)25)2-1-7-20-15/h1-7H,(H4,18,19,21,22). The van der Waals surface area contributed by atoms with E-state index in [2.05, 4.69) is 15.0 Å². The zero-order valence-electron chi connectivity index (χ0n) is 13.2. The van der Waals surface area contributed by atoms with Crippen LogP contribution in [-0.2, 0) is 0 Å². The molecule has 3 aromatic rings. The Morgan fingerprint density at radius 3 is 2.54 bits per heavy atom. The van der Waals surface area contributed by atoms with Gasteiger partial charge in [-0.15, -0.1) is 0 Å². The number of nitriles is 1. The van der Waals surface area contributed by atoms with Gasteiger partial charge < -0.3 is 16.2 Å². The van der Waals surface area contributed by atoms with Crippen LogP contribution in [0.3, 0.4) is 0 Å². The van der Waals surface area contributed by atoms with E-state index in [0.717, 1.165) is 0 Å². The predicted molar refractivity (Wildman–Crippen MR) is 92.0 cm³/mol. The molecule has 26 heavy (non-hydrogen) atoms. The maximum atomic E-state index is 11.0. The molecule has 0 saturated heterocycles. The van der Waals surface area contributed by atoms with Gasteiger partial charge in [0, 0.05) is 17.8 Å². The Hall–Kier alpha value is -4.26. The van der Waals surface area contributed by atoms with E-state index in [1.807, 2.05) is 6.07 Å². The van der Waals surface area contributed by atoms with Gasteiger partial charge in [0.25, 0.3) is 5.88 Å². The number of anilines is 2. The van der Waals surface area contributed by atoms with Crippen LogP contribution in [0.5, 0.6) is 11.6 Å². The zero-order valence-corrected chi connectivity index (χ0v) is 13.2. The van der Waals surface area contributed by atoms with Crippen molar-refractivity contribution >= 4 is 17.5 Å². The lowest BCUT2D eigenvalue weighted by atomic mass is 10.1. The van der Waals surface area contributed by atoms with Crippen LogP contribution in [-0.4, -0.2) is 19.9 Å². The zero-order chi connectivity index (χ0) is 18.7. The Morgan fingerprint density at radius 1 is 1.15 bits per heavy atom. The Morgan fingerprint density at radius 2 is 1.88 bits per heavy atom. The fourth-order valence-electron chi connectivity index (χ4n) is 2.21. The molecule has 128 valence electrons. The molecule has 4 N–H and O–H groups in total. The molecule has 0 bridgehead atoms. The van der Waals surface area contributed by atoms with Crippen LogP contribution in [0.4, 0.5) is 17.5 Å². The number of ether oxygens (including phenoxy) is 1. The Balaban J connectivity index is 1.94. The molecule has 0 saturated carbocycles. The van der Waals surface area contributed by atoms with E-state index in [-0.39, 0.29) is 34.6 Å². The molecule has 0 aliphatic heterocycles. The predicted octanol–water partition coefficient (Wildman–Crippen LogP) is 2.28. The lowest BCUT2D eigenvalue weighted by Crippen LogP contribution is -2.04. The lowest BCUT2D eigenvalue weighted by Gasteiger charge is -2.08. The van der Waals surface area contributed by atoms with Crippen LogP contribution in [0.2, 0.25) is 0 Å². The van der Waals surface area contributed by atoms with Crippen LogP contribution in [0, 0.1) is 21.4 Å². The van der Waals surface area contributed by atoms with Crippen LogP contribution in [0.15, 0.2) is 42.6 Å². The summed E-state index contributed by atoms with van der Waals surface area (Å²) in [5.41, 5.74) is 12.0. The number of hydrogen-bond acceptors (Lipinski definition) is 9. The van der Waals surface area contributed by atoms with Gasteiger partial charge in [0.2, 0.25) is 5.95 Å². The van der Waals surface area contributed by atoms with Crippen LogP contribution in [0.1, 0.15) is 5.56 Å². The number of nitrogens with zero attached hydrogens (tertiary/aromatic N) is 5. The van der Waals surface area contributed by atoms with Crippen molar-refractivity contribution in [1.82, 2.24) is 15.0 Å². The third kappa shape index (κ3) is 3.17. The van der Waals surface area contributed by atoms with Crippen molar-refractivity contribution in [3.63, 3.8) is 0 Å². The number of nitrogens with two attached hydrogens (primary N) is 2. The molecule has 1 aromatic carbocycles. The minimum absolute atomic E-state index is 0.0144. The maximum absolute atomic E-state index is 11.0. The highest BCUT2D eigenvalue weighted by Crippen LogP contribution is 2.31. The van der Waals surface area contributed by atoms with Crippen molar-refractivity contribution < 1.29 is 9.66 Å². The van der Waals surface area contributed by atoms with E-state index in [4.69, 9.17) is 16.2 Å². The Labute approximate surface area is 146 Å². The van der Waals surface area contributed by atoms with E-state index in [1.165, 1.54) is 18.3 Å². The minimum Gasteiger partial charge on any atom is -0.434 e. The van der Waals surface area contributed by atoms with Gasteiger partial charge in [0.1, 0.15) is 23.2 Å². The number of nitrogen functional groups attached to an aromatic ring is 2. The Bertz CT molecular complexity index is 1030. The molecule has 3 rings (SSSR count). The largest absolute Gasteiger partial charge is 0.434 e. The summed E-state index contributed by atoms with van der Waals surface area (Å²) in [6.07, 6.45) is 1.39. The van der Waals surface area contributed by atoms with Crippen LogP contribution < -0.4 is 16.2 Å². The first-order valence-corrected chi connectivity index (χ1v) is 7.20. The summed E-state index contributed by atoms with van der Waals surface area (Å²) in [6.45, 7) is 0. The first-order chi connectivity index (χ1) is 12.5. The smallest absolute Gasteiger partial charge is 0.331 e. The molecule has 10 heteroatoms. The van der Waals surface area contributed by atoms with Gasteiger partial charge in [-0.25, -0.2) is 9.97 Å². The first-order valence-electron chi connectivity index (χ1n) is 7.20. The maximum Gasteiger partial charge on any atom is 0.331 e. The molecule has 0 aliphatic carbocycles.